The molecule has 2 N–H and O–H groups in total. The van der Waals surface area contributed by atoms with E-state index in [1.807, 2.05) is 0 Å². The molecular weight excluding hydrogens is 476 g/mol. The SMILES string of the molecule is CCOC(=O)C1=NN[C@@H]2C(=O)N(c3cccc(N4C(=O)[C@@H]5C(C(=O)OCC)=NN[C@H]5C4=O)c3)C(=O)[C@@H]12. The molecule has 0 spiro atoms. The molecule has 1 aromatic rings. The first-order valence-electron chi connectivity index (χ1n) is 11.2. The zero-order valence-electron chi connectivity index (χ0n) is 19.1. The summed E-state index contributed by atoms with van der Waals surface area (Å²) in [7, 11) is 0. The van der Waals surface area contributed by atoms with Crippen LogP contribution in [0.15, 0.2) is 34.5 Å². The van der Waals surface area contributed by atoms with Gasteiger partial charge in [-0.3, -0.25) is 30.0 Å². The Labute approximate surface area is 203 Å². The first-order chi connectivity index (χ1) is 17.3. The van der Waals surface area contributed by atoms with Gasteiger partial charge in [0.2, 0.25) is 11.8 Å². The van der Waals surface area contributed by atoms with Gasteiger partial charge in [0.05, 0.1) is 24.6 Å². The smallest absolute Gasteiger partial charge is 0.355 e. The molecule has 4 atom stereocenters. The van der Waals surface area contributed by atoms with Gasteiger partial charge in [-0.1, -0.05) is 6.07 Å². The maximum Gasteiger partial charge on any atom is 0.355 e. The van der Waals surface area contributed by atoms with Crippen molar-refractivity contribution < 1.29 is 38.2 Å². The number of benzene rings is 1. The molecule has 36 heavy (non-hydrogen) atoms. The van der Waals surface area contributed by atoms with Crippen LogP contribution in [-0.2, 0) is 38.2 Å². The van der Waals surface area contributed by atoms with Gasteiger partial charge in [0.15, 0.2) is 11.4 Å². The Hall–Kier alpha value is -4.62. The van der Waals surface area contributed by atoms with E-state index >= 15 is 0 Å². The molecule has 0 saturated carbocycles. The van der Waals surface area contributed by atoms with Gasteiger partial charge >= 0.3 is 11.9 Å². The third-order valence-electron chi connectivity index (χ3n) is 6.17. The maximum atomic E-state index is 13.2. The summed E-state index contributed by atoms with van der Waals surface area (Å²) in [6, 6.07) is 3.55. The Bertz CT molecular complexity index is 1200. The Kier molecular flexibility index (Phi) is 5.50. The van der Waals surface area contributed by atoms with Gasteiger partial charge in [0.1, 0.15) is 23.9 Å². The van der Waals surface area contributed by atoms with Crippen LogP contribution < -0.4 is 20.7 Å². The van der Waals surface area contributed by atoms with Gasteiger partial charge in [-0.2, -0.15) is 10.2 Å². The number of rotatable bonds is 6. The lowest BCUT2D eigenvalue weighted by Crippen LogP contribution is -2.37. The van der Waals surface area contributed by atoms with Gasteiger partial charge in [-0.05, 0) is 32.0 Å². The number of nitrogens with zero attached hydrogens (tertiary/aromatic N) is 4. The largest absolute Gasteiger partial charge is 0.461 e. The number of nitrogens with one attached hydrogen (secondary N) is 2. The topological polar surface area (TPSA) is 176 Å². The molecule has 0 radical (unpaired) electrons. The number of carbonyl (C=O) groups excluding carboxylic acids is 6. The van der Waals surface area contributed by atoms with E-state index in [0.717, 1.165) is 9.80 Å². The van der Waals surface area contributed by atoms with Crippen LogP contribution in [0.3, 0.4) is 0 Å². The standard InChI is InChI=1S/C22H20N6O8/c1-3-35-21(33)15-11-13(23-25-15)19(31)27(17(11)29)9-6-5-7-10(8-9)28-18(30)12-14(20(28)32)24-26-16(12)22(34)36-4-2/h5-8,11-14,23-24H,3-4H2,1-2H3/t11-,12+,13+,14-. The highest BCUT2D eigenvalue weighted by atomic mass is 16.5. The monoisotopic (exact) mass is 496 g/mol. The van der Waals surface area contributed by atoms with E-state index in [0.29, 0.717) is 0 Å². The summed E-state index contributed by atoms with van der Waals surface area (Å²) in [4.78, 5) is 78.5. The van der Waals surface area contributed by atoms with E-state index < -0.39 is 59.5 Å². The molecule has 1 aromatic carbocycles. The summed E-state index contributed by atoms with van der Waals surface area (Å²) in [6.45, 7) is 3.34. The molecule has 5 rings (SSSR count). The van der Waals surface area contributed by atoms with Gasteiger partial charge < -0.3 is 9.47 Å². The molecule has 14 nitrogen and oxygen atoms in total. The lowest BCUT2D eigenvalue weighted by atomic mass is 9.99. The average Bonchev–Trinajstić information content (AvgIpc) is 3.59. The Balaban J connectivity index is 1.42. The number of hydrogen-bond acceptors (Lipinski definition) is 12. The summed E-state index contributed by atoms with van der Waals surface area (Å²) in [6.07, 6.45) is 0. The van der Waals surface area contributed by atoms with Crippen LogP contribution in [0.4, 0.5) is 11.4 Å². The number of hydrazone groups is 2. The first kappa shape index (κ1) is 23.1. The molecule has 4 aliphatic rings. The number of imide groups is 2. The lowest BCUT2D eigenvalue weighted by molar-refractivity contribution is -0.136. The quantitative estimate of drug-likeness (QED) is 0.346. The van der Waals surface area contributed by atoms with Crippen molar-refractivity contribution in [3.8, 4) is 0 Å². The summed E-state index contributed by atoms with van der Waals surface area (Å²) in [5.41, 5.74) is 4.81. The highest BCUT2D eigenvalue weighted by Crippen LogP contribution is 2.35. The molecule has 2 saturated heterocycles. The zero-order valence-corrected chi connectivity index (χ0v) is 19.1. The van der Waals surface area contributed by atoms with Crippen molar-refractivity contribution in [1.82, 2.24) is 10.9 Å². The normalized spacial score (nSPS) is 26.3. The molecule has 0 bridgehead atoms. The predicted molar refractivity (Wildman–Crippen MR) is 120 cm³/mol. The third-order valence-corrected chi connectivity index (χ3v) is 6.17. The van der Waals surface area contributed by atoms with Crippen molar-refractivity contribution in [2.75, 3.05) is 23.0 Å². The van der Waals surface area contributed by atoms with E-state index in [4.69, 9.17) is 9.47 Å². The van der Waals surface area contributed by atoms with E-state index in [2.05, 4.69) is 21.1 Å². The highest BCUT2D eigenvalue weighted by Gasteiger charge is 2.57. The van der Waals surface area contributed by atoms with Gasteiger partial charge in [-0.25, -0.2) is 19.4 Å². The summed E-state index contributed by atoms with van der Waals surface area (Å²) < 4.78 is 9.85. The molecule has 186 valence electrons. The molecular formula is C22H20N6O8. The molecule has 4 aliphatic heterocycles. The van der Waals surface area contributed by atoms with Crippen LogP contribution in [0, 0.1) is 11.8 Å². The lowest BCUT2D eigenvalue weighted by Gasteiger charge is -2.20. The number of anilines is 2. The van der Waals surface area contributed by atoms with E-state index in [1.165, 1.54) is 24.3 Å². The van der Waals surface area contributed by atoms with Crippen LogP contribution >= 0.6 is 0 Å². The minimum Gasteiger partial charge on any atom is -0.461 e. The number of esters is 2. The summed E-state index contributed by atoms with van der Waals surface area (Å²) >= 11 is 0. The van der Waals surface area contributed by atoms with Crippen LogP contribution in [0.2, 0.25) is 0 Å². The van der Waals surface area contributed by atoms with Crippen molar-refractivity contribution >= 4 is 58.4 Å². The minimum atomic E-state index is -1.16. The maximum absolute atomic E-state index is 13.2. The number of hydrogen-bond donors (Lipinski definition) is 2. The predicted octanol–water partition coefficient (Wildman–Crippen LogP) is -1.55. The van der Waals surface area contributed by atoms with E-state index in [-0.39, 0.29) is 36.0 Å². The Morgan fingerprint density at radius 1 is 0.778 bits per heavy atom. The number of fused-ring (bicyclic) bond motifs is 2. The Morgan fingerprint density at radius 3 is 1.58 bits per heavy atom. The van der Waals surface area contributed by atoms with Crippen molar-refractivity contribution in [2.45, 2.75) is 25.9 Å². The van der Waals surface area contributed by atoms with Crippen molar-refractivity contribution in [3.63, 3.8) is 0 Å². The van der Waals surface area contributed by atoms with Gasteiger partial charge in [-0.15, -0.1) is 0 Å². The van der Waals surface area contributed by atoms with Crippen LogP contribution in [0.5, 0.6) is 0 Å². The molecule has 0 aromatic heterocycles. The minimum absolute atomic E-state index is 0.0699. The average molecular weight is 496 g/mol. The number of ether oxygens (including phenoxy) is 2. The highest BCUT2D eigenvalue weighted by molar-refractivity contribution is 6.47. The summed E-state index contributed by atoms with van der Waals surface area (Å²) in [5, 5.41) is 7.61. The van der Waals surface area contributed by atoms with Crippen molar-refractivity contribution in [2.24, 2.45) is 22.0 Å². The van der Waals surface area contributed by atoms with Gasteiger partial charge in [0, 0.05) is 0 Å². The van der Waals surface area contributed by atoms with Gasteiger partial charge in [0.25, 0.3) is 11.8 Å². The van der Waals surface area contributed by atoms with Crippen molar-refractivity contribution in [1.29, 1.82) is 0 Å². The number of carbonyl (C=O) groups is 6. The second kappa shape index (κ2) is 8.55. The van der Waals surface area contributed by atoms with Crippen LogP contribution in [0.25, 0.3) is 0 Å². The fourth-order valence-electron chi connectivity index (χ4n) is 4.61. The van der Waals surface area contributed by atoms with E-state index in [1.54, 1.807) is 13.8 Å². The zero-order chi connectivity index (χ0) is 25.7. The van der Waals surface area contributed by atoms with Crippen molar-refractivity contribution in [3.05, 3.63) is 24.3 Å². The van der Waals surface area contributed by atoms with Crippen LogP contribution in [-0.4, -0.2) is 72.3 Å². The third kappa shape index (κ3) is 3.25. The molecule has 2 fully saturated rings. The second-order valence-electron chi connectivity index (χ2n) is 8.15. The van der Waals surface area contributed by atoms with Crippen LogP contribution in [0.1, 0.15) is 13.8 Å². The second-order valence-corrected chi connectivity index (χ2v) is 8.15. The van der Waals surface area contributed by atoms with E-state index in [9.17, 15) is 28.8 Å². The molecule has 0 unspecified atom stereocenters. The fourth-order valence-corrected chi connectivity index (χ4v) is 4.61. The Morgan fingerprint density at radius 2 is 1.19 bits per heavy atom. The molecule has 0 aliphatic carbocycles. The number of amides is 4. The fraction of sp³-hybridized carbons (Fsp3) is 0.364. The molecule has 4 heterocycles. The molecule has 14 heteroatoms. The summed E-state index contributed by atoms with van der Waals surface area (Å²) in [5.74, 6) is -6.65. The first-order valence-corrected chi connectivity index (χ1v) is 11.2. The molecule has 4 amide bonds.